The van der Waals surface area contributed by atoms with Crippen molar-refractivity contribution in [1.29, 1.82) is 0 Å². The first-order valence-electron chi connectivity index (χ1n) is 3.74. The van der Waals surface area contributed by atoms with Crippen molar-refractivity contribution in [2.45, 2.75) is 32.6 Å². The average Bonchev–Trinajstić information content (AvgIpc) is 1.83. The van der Waals surface area contributed by atoms with E-state index < -0.39 is 30.6 Å². The second kappa shape index (κ2) is 3.75. The van der Waals surface area contributed by atoms with Crippen LogP contribution in [0.3, 0.4) is 0 Å². The van der Waals surface area contributed by atoms with Gasteiger partial charge >= 0.3 is 12.4 Å². The minimum atomic E-state index is -4.78. The van der Waals surface area contributed by atoms with Crippen molar-refractivity contribution in [2.75, 3.05) is 0 Å². The molecule has 0 fully saturated rings. The van der Waals surface area contributed by atoms with Gasteiger partial charge in [0.05, 0.1) is 11.8 Å². The quantitative estimate of drug-likeness (QED) is 0.606. The molecule has 0 heterocycles. The maximum atomic E-state index is 12.0. The SMILES string of the molecule is CCC([C@H](C)C(F)(F)F)C(F)(F)F. The first-order valence-corrected chi connectivity index (χ1v) is 3.74. The van der Waals surface area contributed by atoms with Crippen LogP contribution in [0, 0.1) is 11.8 Å². The molecule has 0 saturated heterocycles. The largest absolute Gasteiger partial charge is 0.392 e. The van der Waals surface area contributed by atoms with E-state index in [-0.39, 0.29) is 0 Å². The summed E-state index contributed by atoms with van der Waals surface area (Å²) in [6.07, 6.45) is -10.1. The van der Waals surface area contributed by atoms with Gasteiger partial charge in [0.15, 0.2) is 0 Å². The van der Waals surface area contributed by atoms with Crippen LogP contribution in [0.4, 0.5) is 26.3 Å². The predicted molar refractivity (Wildman–Crippen MR) is 35.1 cm³/mol. The zero-order valence-electron chi connectivity index (χ0n) is 7.13. The molecule has 6 heteroatoms. The molecule has 1 unspecified atom stereocenters. The minimum Gasteiger partial charge on any atom is -0.171 e. The van der Waals surface area contributed by atoms with Crippen molar-refractivity contribution in [1.82, 2.24) is 0 Å². The zero-order valence-corrected chi connectivity index (χ0v) is 7.13. The molecule has 2 atom stereocenters. The summed E-state index contributed by atoms with van der Waals surface area (Å²) < 4.78 is 71.8. The molecule has 0 aliphatic rings. The third kappa shape index (κ3) is 3.44. The van der Waals surface area contributed by atoms with Crippen molar-refractivity contribution in [3.63, 3.8) is 0 Å². The van der Waals surface area contributed by atoms with Gasteiger partial charge in [0.25, 0.3) is 0 Å². The maximum Gasteiger partial charge on any atom is 0.392 e. The van der Waals surface area contributed by atoms with Gasteiger partial charge in [-0.15, -0.1) is 0 Å². The summed E-state index contributed by atoms with van der Waals surface area (Å²) in [5, 5.41) is 0. The van der Waals surface area contributed by atoms with Crippen molar-refractivity contribution in [3.05, 3.63) is 0 Å². The van der Waals surface area contributed by atoms with Gasteiger partial charge in [-0.2, -0.15) is 26.3 Å². The Balaban J connectivity index is 4.61. The van der Waals surface area contributed by atoms with E-state index in [2.05, 4.69) is 0 Å². The number of rotatable bonds is 2. The predicted octanol–water partition coefficient (Wildman–Crippen LogP) is 3.77. The van der Waals surface area contributed by atoms with E-state index in [4.69, 9.17) is 0 Å². The highest BCUT2D eigenvalue weighted by atomic mass is 19.4. The lowest BCUT2D eigenvalue weighted by Gasteiger charge is -2.26. The van der Waals surface area contributed by atoms with Crippen LogP contribution in [0.5, 0.6) is 0 Å². The Morgan fingerprint density at radius 3 is 1.38 bits per heavy atom. The third-order valence-electron chi connectivity index (χ3n) is 1.98. The van der Waals surface area contributed by atoms with Crippen molar-refractivity contribution < 1.29 is 26.3 Å². The fourth-order valence-electron chi connectivity index (χ4n) is 1.10. The smallest absolute Gasteiger partial charge is 0.171 e. The number of hydrogen-bond acceptors (Lipinski definition) is 0. The molecule has 0 amide bonds. The summed E-state index contributed by atoms with van der Waals surface area (Å²) in [7, 11) is 0. The Morgan fingerprint density at radius 2 is 1.31 bits per heavy atom. The molecule has 0 nitrogen and oxygen atoms in total. The lowest BCUT2D eigenvalue weighted by molar-refractivity contribution is -0.250. The summed E-state index contributed by atoms with van der Waals surface area (Å²) in [6.45, 7) is 1.65. The monoisotopic (exact) mass is 208 g/mol. The lowest BCUT2D eigenvalue weighted by atomic mass is 9.90. The summed E-state index contributed by atoms with van der Waals surface area (Å²) >= 11 is 0. The molecular weight excluding hydrogens is 198 g/mol. The normalized spacial score (nSPS) is 18.5. The molecule has 0 aromatic carbocycles. The van der Waals surface area contributed by atoms with E-state index in [0.29, 0.717) is 6.92 Å². The van der Waals surface area contributed by atoms with Gasteiger partial charge in [-0.3, -0.25) is 0 Å². The van der Waals surface area contributed by atoms with Gasteiger partial charge < -0.3 is 0 Å². The molecule has 0 spiro atoms. The van der Waals surface area contributed by atoms with E-state index in [9.17, 15) is 26.3 Å². The molecular formula is C7H10F6. The number of hydrogen-bond donors (Lipinski definition) is 0. The highest BCUT2D eigenvalue weighted by molar-refractivity contribution is 4.77. The van der Waals surface area contributed by atoms with Gasteiger partial charge in [0.2, 0.25) is 0 Å². The van der Waals surface area contributed by atoms with Crippen LogP contribution in [0.15, 0.2) is 0 Å². The van der Waals surface area contributed by atoms with Crippen LogP contribution >= 0.6 is 0 Å². The van der Waals surface area contributed by atoms with Crippen molar-refractivity contribution in [2.24, 2.45) is 11.8 Å². The molecule has 0 rings (SSSR count). The molecule has 13 heavy (non-hydrogen) atoms. The molecule has 0 N–H and O–H groups in total. The molecule has 0 aliphatic carbocycles. The Hall–Kier alpha value is -0.420. The highest BCUT2D eigenvalue weighted by Crippen LogP contribution is 2.41. The van der Waals surface area contributed by atoms with Gasteiger partial charge in [0, 0.05) is 0 Å². The lowest BCUT2D eigenvalue weighted by Crippen LogP contribution is -2.36. The van der Waals surface area contributed by atoms with Gasteiger partial charge in [-0.25, -0.2) is 0 Å². The fraction of sp³-hybridized carbons (Fsp3) is 1.00. The Morgan fingerprint density at radius 1 is 0.923 bits per heavy atom. The van der Waals surface area contributed by atoms with E-state index in [1.807, 2.05) is 0 Å². The van der Waals surface area contributed by atoms with E-state index in [1.54, 1.807) is 0 Å². The van der Waals surface area contributed by atoms with Gasteiger partial charge in [0.1, 0.15) is 0 Å². The third-order valence-corrected chi connectivity index (χ3v) is 1.98. The zero-order chi connectivity index (χ0) is 10.9. The molecule has 0 aromatic heterocycles. The average molecular weight is 208 g/mol. The van der Waals surface area contributed by atoms with E-state index in [1.165, 1.54) is 0 Å². The van der Waals surface area contributed by atoms with Crippen molar-refractivity contribution >= 4 is 0 Å². The highest BCUT2D eigenvalue weighted by Gasteiger charge is 2.51. The molecule has 0 aromatic rings. The fourth-order valence-corrected chi connectivity index (χ4v) is 1.10. The van der Waals surface area contributed by atoms with Crippen LogP contribution in [0.25, 0.3) is 0 Å². The van der Waals surface area contributed by atoms with E-state index in [0.717, 1.165) is 6.92 Å². The topological polar surface area (TPSA) is 0 Å². The second-order valence-corrected chi connectivity index (χ2v) is 2.89. The van der Waals surface area contributed by atoms with Crippen LogP contribution in [-0.2, 0) is 0 Å². The van der Waals surface area contributed by atoms with E-state index >= 15 is 0 Å². The van der Waals surface area contributed by atoms with Crippen LogP contribution in [0.1, 0.15) is 20.3 Å². The van der Waals surface area contributed by atoms with Crippen LogP contribution in [0.2, 0.25) is 0 Å². The van der Waals surface area contributed by atoms with Gasteiger partial charge in [-0.1, -0.05) is 13.8 Å². The molecule has 0 aliphatic heterocycles. The number of alkyl halides is 6. The second-order valence-electron chi connectivity index (χ2n) is 2.89. The maximum absolute atomic E-state index is 12.0. The van der Waals surface area contributed by atoms with Gasteiger partial charge in [-0.05, 0) is 6.42 Å². The summed E-state index contributed by atoms with van der Waals surface area (Å²) in [5.74, 6) is -4.63. The minimum absolute atomic E-state index is 0.551. The molecule has 0 radical (unpaired) electrons. The summed E-state index contributed by atoms with van der Waals surface area (Å²) in [6, 6.07) is 0. The first kappa shape index (κ1) is 12.6. The Kier molecular flexibility index (Phi) is 3.63. The number of halogens is 6. The van der Waals surface area contributed by atoms with Crippen LogP contribution < -0.4 is 0 Å². The van der Waals surface area contributed by atoms with Crippen LogP contribution in [-0.4, -0.2) is 12.4 Å². The first-order chi connectivity index (χ1) is 5.60. The molecule has 80 valence electrons. The molecule has 0 saturated carbocycles. The summed E-state index contributed by atoms with van der Waals surface area (Å²) in [4.78, 5) is 0. The Bertz CT molecular complexity index is 155. The van der Waals surface area contributed by atoms with Crippen molar-refractivity contribution in [3.8, 4) is 0 Å². The molecule has 0 bridgehead atoms. The summed E-state index contributed by atoms with van der Waals surface area (Å²) in [5.41, 5.74) is 0. The standard InChI is InChI=1S/C7H10F6/c1-3-5(7(11,12)13)4(2)6(8,9)10/h4-5H,3H2,1-2H3/t4-,5?/m0/s1. The Labute approximate surface area is 71.9 Å².